The Balaban J connectivity index is 1.37. The number of aryl methyl sites for hydroxylation is 1. The van der Waals surface area contributed by atoms with Crippen molar-refractivity contribution >= 4 is 23.4 Å². The molecule has 2 aromatic heterocycles. The number of benzene rings is 1. The molecule has 7 nitrogen and oxygen atoms in total. The normalized spacial score (nSPS) is 26.0. The van der Waals surface area contributed by atoms with E-state index in [0.29, 0.717) is 43.8 Å². The predicted octanol–water partition coefficient (Wildman–Crippen LogP) is 3.63. The molecule has 0 unspecified atom stereocenters. The van der Waals surface area contributed by atoms with Crippen molar-refractivity contribution in [1.82, 2.24) is 24.3 Å². The molecule has 3 fully saturated rings. The van der Waals surface area contributed by atoms with Crippen molar-refractivity contribution in [2.45, 2.75) is 55.1 Å². The number of aromatic nitrogens is 4. The van der Waals surface area contributed by atoms with Crippen LogP contribution in [0.3, 0.4) is 0 Å². The van der Waals surface area contributed by atoms with Gasteiger partial charge in [-0.3, -0.25) is 4.72 Å². The minimum Gasteiger partial charge on any atom is -0.381 e. The molecule has 0 radical (unpaired) electrons. The summed E-state index contributed by atoms with van der Waals surface area (Å²) in [6.07, 6.45) is 2.88. The van der Waals surface area contributed by atoms with E-state index in [-0.39, 0.29) is 5.54 Å². The number of alkyl halides is 2. The number of nitrogens with zero attached hydrogens (tertiary/aromatic N) is 4. The number of ether oxygens (including phenoxy) is 1. The van der Waals surface area contributed by atoms with Gasteiger partial charge in [-0.15, -0.1) is 0 Å². The molecule has 1 aliphatic carbocycles. The number of anilines is 1. The molecule has 1 saturated carbocycles. The third-order valence-electron chi connectivity index (χ3n) is 6.29. The van der Waals surface area contributed by atoms with Crippen molar-refractivity contribution < 1.29 is 13.5 Å². The van der Waals surface area contributed by atoms with Crippen LogP contribution < -0.4 is 10.5 Å². The van der Waals surface area contributed by atoms with E-state index >= 15 is 0 Å². The maximum Gasteiger partial charge on any atom is 0.267 e. The summed E-state index contributed by atoms with van der Waals surface area (Å²) in [6, 6.07) is 6.15. The number of nitrogen functional groups attached to an aromatic ring is 1. The molecule has 2 bridgehead atoms. The average molecular weight is 433 g/mol. The zero-order valence-corrected chi connectivity index (χ0v) is 17.3. The van der Waals surface area contributed by atoms with Crippen LogP contribution in [0.4, 0.5) is 14.6 Å². The standard InChI is InChI=1S/C20H22F2N6OS/c1-12-2-3-13(8-14(12)15-9-24-17-16(23)25-11-26-28(15)17)30-27-19-4-6-20(7-5-19,18(21)22)29-10-19/h2-3,8-9,11,18,27H,4-7,10H2,1H3,(H2,23,25,26). The second-order valence-electron chi connectivity index (χ2n) is 8.14. The van der Waals surface area contributed by atoms with Crippen LogP contribution in [-0.2, 0) is 4.74 Å². The predicted molar refractivity (Wildman–Crippen MR) is 110 cm³/mol. The summed E-state index contributed by atoms with van der Waals surface area (Å²) < 4.78 is 37.5. The van der Waals surface area contributed by atoms with Crippen LogP contribution in [0.1, 0.15) is 31.2 Å². The molecule has 3 aromatic rings. The summed E-state index contributed by atoms with van der Waals surface area (Å²) in [5, 5.41) is 4.28. The van der Waals surface area contributed by atoms with Crippen molar-refractivity contribution in [2.75, 3.05) is 12.3 Å². The van der Waals surface area contributed by atoms with Crippen LogP contribution in [0.2, 0.25) is 0 Å². The van der Waals surface area contributed by atoms with Gasteiger partial charge < -0.3 is 10.5 Å². The summed E-state index contributed by atoms with van der Waals surface area (Å²) in [5.41, 5.74) is 7.82. The summed E-state index contributed by atoms with van der Waals surface area (Å²) in [5.74, 6) is 0.328. The van der Waals surface area contributed by atoms with E-state index in [1.807, 2.05) is 19.1 Å². The summed E-state index contributed by atoms with van der Waals surface area (Å²) >= 11 is 1.51. The molecule has 10 heteroatoms. The average Bonchev–Trinajstić information content (AvgIpc) is 3.20. The first kappa shape index (κ1) is 19.7. The van der Waals surface area contributed by atoms with Crippen LogP contribution in [0.5, 0.6) is 0 Å². The zero-order valence-electron chi connectivity index (χ0n) is 16.4. The van der Waals surface area contributed by atoms with Gasteiger partial charge in [0.15, 0.2) is 11.5 Å². The number of hydrogen-bond acceptors (Lipinski definition) is 7. The molecule has 0 amide bonds. The summed E-state index contributed by atoms with van der Waals surface area (Å²) in [4.78, 5) is 9.34. The molecule has 0 spiro atoms. The fraction of sp³-hybridized carbons (Fsp3) is 0.450. The van der Waals surface area contributed by atoms with E-state index in [4.69, 9.17) is 10.5 Å². The van der Waals surface area contributed by atoms with Crippen molar-refractivity contribution in [2.24, 2.45) is 0 Å². The van der Waals surface area contributed by atoms with Gasteiger partial charge in [-0.1, -0.05) is 6.07 Å². The molecule has 3 N–H and O–H groups in total. The molecule has 158 valence electrons. The van der Waals surface area contributed by atoms with E-state index in [0.717, 1.165) is 21.7 Å². The Bertz CT molecular complexity index is 1080. The van der Waals surface area contributed by atoms with Crippen LogP contribution in [0, 0.1) is 6.92 Å². The minimum absolute atomic E-state index is 0.267. The largest absolute Gasteiger partial charge is 0.381 e. The summed E-state index contributed by atoms with van der Waals surface area (Å²) in [7, 11) is 0. The van der Waals surface area contributed by atoms with Crippen molar-refractivity contribution in [3.05, 3.63) is 36.3 Å². The van der Waals surface area contributed by atoms with Crippen LogP contribution in [-0.4, -0.2) is 43.8 Å². The SMILES string of the molecule is Cc1ccc(SNC23CCC(C(F)F)(CC2)OC3)cc1-c1cnc2c(N)ncnn12. The first-order valence-electron chi connectivity index (χ1n) is 9.83. The fourth-order valence-electron chi connectivity index (χ4n) is 4.26. The van der Waals surface area contributed by atoms with E-state index in [1.54, 1.807) is 10.7 Å². The number of nitrogens with one attached hydrogen (secondary N) is 1. The molecule has 2 saturated heterocycles. The quantitative estimate of drug-likeness (QED) is 0.595. The number of fused-ring (bicyclic) bond motifs is 4. The lowest BCUT2D eigenvalue weighted by Crippen LogP contribution is -2.62. The lowest BCUT2D eigenvalue weighted by molar-refractivity contribution is -0.215. The van der Waals surface area contributed by atoms with Gasteiger partial charge in [0.05, 0.1) is 24.0 Å². The lowest BCUT2D eigenvalue weighted by Gasteiger charge is -2.52. The molecule has 0 atom stereocenters. The number of hydrogen-bond donors (Lipinski definition) is 2. The molecule has 4 heterocycles. The Morgan fingerprint density at radius 2 is 2.03 bits per heavy atom. The Kier molecular flexibility index (Phi) is 4.68. The van der Waals surface area contributed by atoms with E-state index < -0.39 is 12.0 Å². The smallest absolute Gasteiger partial charge is 0.267 e. The maximum absolute atomic E-state index is 13.4. The van der Waals surface area contributed by atoms with Crippen molar-refractivity contribution in [3.63, 3.8) is 0 Å². The van der Waals surface area contributed by atoms with Gasteiger partial charge in [0, 0.05) is 10.5 Å². The van der Waals surface area contributed by atoms with Crippen molar-refractivity contribution in [1.29, 1.82) is 0 Å². The van der Waals surface area contributed by atoms with E-state index in [1.165, 1.54) is 18.3 Å². The molecule has 2 aliphatic heterocycles. The van der Waals surface area contributed by atoms with Crippen molar-refractivity contribution in [3.8, 4) is 11.3 Å². The highest BCUT2D eigenvalue weighted by Gasteiger charge is 2.54. The molecule has 3 aliphatic rings. The third-order valence-corrected chi connectivity index (χ3v) is 7.31. The Morgan fingerprint density at radius 3 is 2.73 bits per heavy atom. The monoisotopic (exact) mass is 432 g/mol. The third kappa shape index (κ3) is 3.14. The van der Waals surface area contributed by atoms with Crippen LogP contribution in [0.25, 0.3) is 16.9 Å². The van der Waals surface area contributed by atoms with E-state index in [2.05, 4.69) is 25.9 Å². The highest BCUT2D eigenvalue weighted by molar-refractivity contribution is 7.97. The van der Waals surface area contributed by atoms with E-state index in [9.17, 15) is 8.78 Å². The minimum atomic E-state index is -2.42. The van der Waals surface area contributed by atoms with Gasteiger partial charge in [-0.2, -0.15) is 5.10 Å². The van der Waals surface area contributed by atoms with Gasteiger partial charge in [0.2, 0.25) is 0 Å². The van der Waals surface area contributed by atoms with Gasteiger partial charge in [-0.25, -0.2) is 23.3 Å². The van der Waals surface area contributed by atoms with Crippen LogP contribution >= 0.6 is 11.9 Å². The number of halogens is 2. The second-order valence-corrected chi connectivity index (χ2v) is 9.02. The first-order chi connectivity index (χ1) is 14.4. The van der Waals surface area contributed by atoms with Crippen LogP contribution in [0.15, 0.2) is 35.6 Å². The highest BCUT2D eigenvalue weighted by atomic mass is 32.2. The first-order valence-corrected chi connectivity index (χ1v) is 10.6. The summed E-state index contributed by atoms with van der Waals surface area (Å²) in [6.45, 7) is 2.34. The Labute approximate surface area is 176 Å². The number of rotatable bonds is 5. The molecular formula is C20H22F2N6OS. The number of nitrogens with two attached hydrogens (primary N) is 1. The molecular weight excluding hydrogens is 410 g/mol. The zero-order chi connectivity index (χ0) is 20.9. The van der Waals surface area contributed by atoms with Gasteiger partial charge in [0.1, 0.15) is 11.9 Å². The topological polar surface area (TPSA) is 90.4 Å². The van der Waals surface area contributed by atoms with Gasteiger partial charge in [-0.05, 0) is 62.3 Å². The Morgan fingerprint density at radius 1 is 1.23 bits per heavy atom. The molecule has 6 rings (SSSR count). The van der Waals surface area contributed by atoms with Gasteiger partial charge in [0.25, 0.3) is 6.43 Å². The van der Waals surface area contributed by atoms with Gasteiger partial charge >= 0.3 is 0 Å². The maximum atomic E-state index is 13.4. The second kappa shape index (κ2) is 7.14. The highest BCUT2D eigenvalue weighted by Crippen LogP contribution is 2.47. The molecule has 1 aromatic carbocycles. The number of imidazole rings is 1. The Hall–Kier alpha value is -2.30. The lowest BCUT2D eigenvalue weighted by atomic mass is 9.72. The fourth-order valence-corrected chi connectivity index (χ4v) is 5.17. The molecule has 30 heavy (non-hydrogen) atoms.